The van der Waals surface area contributed by atoms with Crippen molar-refractivity contribution in [3.05, 3.63) is 23.4 Å². The Morgan fingerprint density at radius 2 is 2.09 bits per heavy atom. The minimum atomic E-state index is -1.23. The number of furan rings is 1. The number of aryl methyl sites for hydroxylation is 1. The molecule has 0 aliphatic carbocycles. The van der Waals surface area contributed by atoms with Crippen LogP contribution in [0.1, 0.15) is 50.0 Å². The molecule has 0 atom stereocenters. The number of fused-ring (bicyclic) bond motifs is 1. The van der Waals surface area contributed by atoms with E-state index in [9.17, 15) is 14.7 Å². The van der Waals surface area contributed by atoms with E-state index in [2.05, 4.69) is 10.3 Å². The molecule has 2 aromatic rings. The van der Waals surface area contributed by atoms with E-state index in [1.807, 2.05) is 6.92 Å². The Labute approximate surface area is 133 Å². The van der Waals surface area contributed by atoms with Gasteiger partial charge in [-0.05, 0) is 38.8 Å². The first-order valence-electron chi connectivity index (χ1n) is 7.36. The number of anilines is 1. The molecule has 1 amide bonds. The van der Waals surface area contributed by atoms with E-state index >= 15 is 0 Å². The number of nitrogens with zero attached hydrogens (tertiary/aromatic N) is 1. The van der Waals surface area contributed by atoms with Crippen molar-refractivity contribution in [3.63, 3.8) is 0 Å². The van der Waals surface area contributed by atoms with Gasteiger partial charge in [0, 0.05) is 6.20 Å². The molecular weight excluding hydrogens is 300 g/mol. The number of aromatic carboxylic acids is 1. The summed E-state index contributed by atoms with van der Waals surface area (Å²) in [5.74, 6) is -1.41. The first kappa shape index (κ1) is 16.8. The molecule has 23 heavy (non-hydrogen) atoms. The zero-order chi connectivity index (χ0) is 17.2. The van der Waals surface area contributed by atoms with Crippen LogP contribution in [0.2, 0.25) is 0 Å². The summed E-state index contributed by atoms with van der Waals surface area (Å²) in [4.78, 5) is 27.5. The number of amides is 1. The standard InChI is InChI=1S/C16H20N2O5/c1-5-6-9-7-10-12(17-8-9)11(14(19)20)13(22-10)18-15(21)23-16(2,3)4/h7-8H,5-6H2,1-4H3,(H,18,21)(H,19,20). The second kappa shape index (κ2) is 6.28. The number of aromatic nitrogens is 1. The van der Waals surface area contributed by atoms with E-state index in [0.717, 1.165) is 18.4 Å². The Hall–Kier alpha value is -2.57. The molecule has 2 heterocycles. The van der Waals surface area contributed by atoms with Crippen LogP contribution in [0.4, 0.5) is 10.7 Å². The summed E-state index contributed by atoms with van der Waals surface area (Å²) in [5, 5.41) is 11.7. The molecule has 0 aliphatic heterocycles. The van der Waals surface area contributed by atoms with E-state index in [-0.39, 0.29) is 17.0 Å². The van der Waals surface area contributed by atoms with E-state index in [0.29, 0.717) is 5.58 Å². The number of ether oxygens (including phenoxy) is 1. The third-order valence-electron chi connectivity index (χ3n) is 2.95. The Morgan fingerprint density at radius 3 is 2.65 bits per heavy atom. The minimum Gasteiger partial charge on any atom is -0.477 e. The second-order valence-corrected chi connectivity index (χ2v) is 6.18. The molecule has 0 spiro atoms. The van der Waals surface area contributed by atoms with Crippen LogP contribution < -0.4 is 5.32 Å². The van der Waals surface area contributed by atoms with Gasteiger partial charge in [-0.2, -0.15) is 0 Å². The van der Waals surface area contributed by atoms with Gasteiger partial charge in [0.15, 0.2) is 5.58 Å². The summed E-state index contributed by atoms with van der Waals surface area (Å²) in [6.45, 7) is 7.16. The van der Waals surface area contributed by atoms with Gasteiger partial charge in [-0.3, -0.25) is 10.3 Å². The highest BCUT2D eigenvalue weighted by molar-refractivity contribution is 6.07. The summed E-state index contributed by atoms with van der Waals surface area (Å²) < 4.78 is 10.6. The third-order valence-corrected chi connectivity index (χ3v) is 2.95. The maximum absolute atomic E-state index is 11.8. The molecule has 0 bridgehead atoms. The molecule has 0 unspecified atom stereocenters. The van der Waals surface area contributed by atoms with Crippen molar-refractivity contribution >= 4 is 29.0 Å². The molecule has 0 aromatic carbocycles. The summed E-state index contributed by atoms with van der Waals surface area (Å²) in [5.41, 5.74) is 0.567. The van der Waals surface area contributed by atoms with Crippen molar-refractivity contribution in [3.8, 4) is 0 Å². The lowest BCUT2D eigenvalue weighted by atomic mass is 10.1. The number of carboxylic acids is 1. The molecule has 7 heteroatoms. The number of carboxylic acid groups (broad SMARTS) is 1. The van der Waals surface area contributed by atoms with Crippen LogP contribution in [0.5, 0.6) is 0 Å². The van der Waals surface area contributed by atoms with Crippen molar-refractivity contribution in [2.24, 2.45) is 0 Å². The van der Waals surface area contributed by atoms with E-state index in [1.165, 1.54) is 0 Å². The third kappa shape index (κ3) is 4.00. The molecule has 124 valence electrons. The number of carbonyl (C=O) groups is 2. The normalized spacial score (nSPS) is 11.5. The van der Waals surface area contributed by atoms with Gasteiger partial charge in [0.05, 0.1) is 0 Å². The Kier molecular flexibility index (Phi) is 4.58. The molecule has 0 radical (unpaired) electrons. The van der Waals surface area contributed by atoms with Gasteiger partial charge in [0.2, 0.25) is 5.88 Å². The predicted molar refractivity (Wildman–Crippen MR) is 84.8 cm³/mol. The molecule has 0 saturated carbocycles. The van der Waals surface area contributed by atoms with Crippen molar-refractivity contribution in [1.82, 2.24) is 4.98 Å². The lowest BCUT2D eigenvalue weighted by Gasteiger charge is -2.19. The highest BCUT2D eigenvalue weighted by Crippen LogP contribution is 2.29. The van der Waals surface area contributed by atoms with Gasteiger partial charge in [-0.25, -0.2) is 9.59 Å². The largest absolute Gasteiger partial charge is 0.477 e. The van der Waals surface area contributed by atoms with E-state index in [1.54, 1.807) is 33.0 Å². The van der Waals surface area contributed by atoms with Crippen molar-refractivity contribution in [2.75, 3.05) is 5.32 Å². The predicted octanol–water partition coefficient (Wildman–Crippen LogP) is 3.83. The van der Waals surface area contributed by atoms with E-state index < -0.39 is 17.7 Å². The van der Waals surface area contributed by atoms with Crippen LogP contribution in [0.15, 0.2) is 16.7 Å². The van der Waals surface area contributed by atoms with Gasteiger partial charge in [-0.15, -0.1) is 0 Å². The SMILES string of the molecule is CCCc1cnc2c(C(=O)O)c(NC(=O)OC(C)(C)C)oc2c1. The number of hydrogen-bond donors (Lipinski definition) is 2. The quantitative estimate of drug-likeness (QED) is 0.887. The minimum absolute atomic E-state index is 0.178. The fourth-order valence-corrected chi connectivity index (χ4v) is 2.13. The second-order valence-electron chi connectivity index (χ2n) is 6.18. The number of hydrogen-bond acceptors (Lipinski definition) is 5. The van der Waals surface area contributed by atoms with Gasteiger partial charge >= 0.3 is 12.1 Å². The van der Waals surface area contributed by atoms with Gasteiger partial charge in [-0.1, -0.05) is 13.3 Å². The molecule has 0 fully saturated rings. The maximum atomic E-state index is 11.8. The highest BCUT2D eigenvalue weighted by atomic mass is 16.6. The van der Waals surface area contributed by atoms with Gasteiger partial charge in [0.25, 0.3) is 0 Å². The molecule has 0 aliphatic rings. The number of rotatable bonds is 4. The lowest BCUT2D eigenvalue weighted by Crippen LogP contribution is -2.27. The number of pyridine rings is 1. The number of carbonyl (C=O) groups excluding carboxylic acids is 1. The van der Waals surface area contributed by atoms with Crippen LogP contribution in [0.25, 0.3) is 11.1 Å². The molecule has 0 saturated heterocycles. The first-order valence-corrected chi connectivity index (χ1v) is 7.36. The van der Waals surface area contributed by atoms with Gasteiger partial charge < -0.3 is 14.3 Å². The topological polar surface area (TPSA) is 102 Å². The Bertz CT molecular complexity index is 743. The van der Waals surface area contributed by atoms with Crippen LogP contribution in [-0.4, -0.2) is 27.8 Å². The van der Waals surface area contributed by atoms with Crippen LogP contribution >= 0.6 is 0 Å². The molecule has 2 rings (SSSR count). The lowest BCUT2D eigenvalue weighted by molar-refractivity contribution is 0.0633. The van der Waals surface area contributed by atoms with E-state index in [4.69, 9.17) is 9.15 Å². The van der Waals surface area contributed by atoms with Crippen molar-refractivity contribution in [2.45, 2.75) is 46.1 Å². The fourth-order valence-electron chi connectivity index (χ4n) is 2.13. The first-order chi connectivity index (χ1) is 10.7. The smallest absolute Gasteiger partial charge is 0.414 e. The highest BCUT2D eigenvalue weighted by Gasteiger charge is 2.25. The summed E-state index contributed by atoms with van der Waals surface area (Å²) in [6, 6.07) is 1.73. The Balaban J connectivity index is 2.40. The molecule has 2 aromatic heterocycles. The molecular formula is C16H20N2O5. The summed E-state index contributed by atoms with van der Waals surface area (Å²) in [7, 11) is 0. The summed E-state index contributed by atoms with van der Waals surface area (Å²) in [6.07, 6.45) is 2.57. The zero-order valence-corrected chi connectivity index (χ0v) is 13.6. The molecule has 7 nitrogen and oxygen atoms in total. The maximum Gasteiger partial charge on any atom is 0.414 e. The zero-order valence-electron chi connectivity index (χ0n) is 13.6. The average molecular weight is 320 g/mol. The average Bonchev–Trinajstić information content (AvgIpc) is 2.73. The van der Waals surface area contributed by atoms with Crippen LogP contribution in [0.3, 0.4) is 0 Å². The monoisotopic (exact) mass is 320 g/mol. The summed E-state index contributed by atoms with van der Waals surface area (Å²) >= 11 is 0. The molecule has 2 N–H and O–H groups in total. The van der Waals surface area contributed by atoms with Crippen LogP contribution in [0, 0.1) is 0 Å². The number of nitrogens with one attached hydrogen (secondary N) is 1. The fraction of sp³-hybridized carbons (Fsp3) is 0.438. The van der Waals surface area contributed by atoms with Crippen molar-refractivity contribution < 1.29 is 23.8 Å². The Morgan fingerprint density at radius 1 is 1.39 bits per heavy atom. The van der Waals surface area contributed by atoms with Crippen LogP contribution in [-0.2, 0) is 11.2 Å². The van der Waals surface area contributed by atoms with Crippen molar-refractivity contribution in [1.29, 1.82) is 0 Å². The van der Waals surface area contributed by atoms with Gasteiger partial charge in [0.1, 0.15) is 16.7 Å².